The van der Waals surface area contributed by atoms with E-state index in [1.165, 1.54) is 0 Å². The summed E-state index contributed by atoms with van der Waals surface area (Å²) in [6, 6.07) is 7.94. The van der Waals surface area contributed by atoms with Crippen LogP contribution in [0.5, 0.6) is 0 Å². The van der Waals surface area contributed by atoms with Gasteiger partial charge in [-0.2, -0.15) is 15.0 Å². The fraction of sp³-hybridized carbons (Fsp3) is 0.500. The number of para-hydroxylation sites is 1. The molecule has 4 N–H and O–H groups in total. The minimum absolute atomic E-state index is 0.191. The van der Waals surface area contributed by atoms with Crippen molar-refractivity contribution >= 4 is 17.6 Å². The lowest BCUT2D eigenvalue weighted by Gasteiger charge is -2.22. The van der Waals surface area contributed by atoms with Crippen LogP contribution in [0.15, 0.2) is 24.3 Å². The van der Waals surface area contributed by atoms with E-state index in [2.05, 4.69) is 25.2 Å². The first kappa shape index (κ1) is 17.6. The van der Waals surface area contributed by atoms with Crippen LogP contribution in [0.2, 0.25) is 0 Å². The van der Waals surface area contributed by atoms with E-state index in [0.717, 1.165) is 37.1 Å². The Morgan fingerprint density at radius 2 is 2.04 bits per heavy atom. The lowest BCUT2D eigenvalue weighted by molar-refractivity contribution is 0.107. The smallest absolute Gasteiger partial charge is 0.232 e. The van der Waals surface area contributed by atoms with Gasteiger partial charge in [0.25, 0.3) is 0 Å². The maximum absolute atomic E-state index is 9.98. The molecule has 2 atom stereocenters. The van der Waals surface area contributed by atoms with E-state index in [0.29, 0.717) is 24.2 Å². The predicted molar refractivity (Wildman–Crippen MR) is 98.4 cm³/mol. The Kier molecular flexibility index (Phi) is 5.45. The van der Waals surface area contributed by atoms with Crippen LogP contribution in [0.4, 0.5) is 17.6 Å². The standard InChI is InChI=1S/C18H26N6O/c1-12-6-3-4-8-14(12)20-18-22-16(21-17(19)23-18)11-24(2)10-13-7-5-9-15(13)25/h3-4,6,8,13,15,25H,5,7,9-11H2,1-2H3,(H3,19,20,21,22,23). The predicted octanol–water partition coefficient (Wildman–Crippen LogP) is 2.10. The fourth-order valence-electron chi connectivity index (χ4n) is 3.33. The lowest BCUT2D eigenvalue weighted by atomic mass is 10.1. The Bertz CT molecular complexity index is 722. The van der Waals surface area contributed by atoms with Gasteiger partial charge in [0.05, 0.1) is 12.6 Å². The van der Waals surface area contributed by atoms with Crippen molar-refractivity contribution in [3.05, 3.63) is 35.7 Å². The molecule has 25 heavy (non-hydrogen) atoms. The minimum atomic E-state index is -0.191. The minimum Gasteiger partial charge on any atom is -0.393 e. The van der Waals surface area contributed by atoms with Gasteiger partial charge in [-0.1, -0.05) is 24.6 Å². The molecule has 7 nitrogen and oxygen atoms in total. The molecule has 1 aliphatic rings. The van der Waals surface area contributed by atoms with E-state index in [4.69, 9.17) is 5.73 Å². The van der Waals surface area contributed by atoms with Crippen molar-refractivity contribution in [1.82, 2.24) is 19.9 Å². The molecule has 2 unspecified atom stereocenters. The molecule has 0 saturated heterocycles. The van der Waals surface area contributed by atoms with E-state index in [1.54, 1.807) is 0 Å². The van der Waals surface area contributed by atoms with Crippen LogP contribution in [0.1, 0.15) is 30.7 Å². The average Bonchev–Trinajstić information content (AvgIpc) is 2.94. The van der Waals surface area contributed by atoms with Gasteiger partial charge in [-0.05, 0) is 44.4 Å². The van der Waals surface area contributed by atoms with Crippen LogP contribution >= 0.6 is 0 Å². The molecule has 0 aliphatic heterocycles. The Morgan fingerprint density at radius 3 is 2.76 bits per heavy atom. The molecule has 0 bridgehead atoms. The van der Waals surface area contributed by atoms with Gasteiger partial charge in [0, 0.05) is 12.2 Å². The summed E-state index contributed by atoms with van der Waals surface area (Å²) in [5.74, 6) is 1.61. The normalized spacial score (nSPS) is 20.2. The van der Waals surface area contributed by atoms with Crippen molar-refractivity contribution in [2.24, 2.45) is 5.92 Å². The second-order valence-corrected chi connectivity index (χ2v) is 6.83. The summed E-state index contributed by atoms with van der Waals surface area (Å²) in [6.45, 7) is 3.42. The third-order valence-corrected chi connectivity index (χ3v) is 4.67. The molecule has 7 heteroatoms. The number of nitrogens with one attached hydrogen (secondary N) is 1. The van der Waals surface area contributed by atoms with Gasteiger partial charge in [-0.25, -0.2) is 0 Å². The van der Waals surface area contributed by atoms with Gasteiger partial charge in [0.1, 0.15) is 5.82 Å². The number of anilines is 3. The first-order valence-corrected chi connectivity index (χ1v) is 8.71. The molecule has 0 spiro atoms. The molecular weight excluding hydrogens is 316 g/mol. The summed E-state index contributed by atoms with van der Waals surface area (Å²) in [5.41, 5.74) is 7.90. The quantitative estimate of drug-likeness (QED) is 0.739. The molecule has 0 amide bonds. The zero-order valence-electron chi connectivity index (χ0n) is 14.8. The number of aliphatic hydroxyl groups excluding tert-OH is 1. The van der Waals surface area contributed by atoms with Crippen LogP contribution in [0.25, 0.3) is 0 Å². The SMILES string of the molecule is Cc1ccccc1Nc1nc(N)nc(CN(C)CC2CCCC2O)n1. The molecule has 1 heterocycles. The molecule has 1 saturated carbocycles. The number of nitrogens with zero attached hydrogens (tertiary/aromatic N) is 4. The molecule has 1 aliphatic carbocycles. The number of nitrogen functional groups attached to an aromatic ring is 1. The Morgan fingerprint density at radius 1 is 1.24 bits per heavy atom. The van der Waals surface area contributed by atoms with E-state index in [-0.39, 0.29) is 12.1 Å². The second kappa shape index (κ2) is 7.76. The second-order valence-electron chi connectivity index (χ2n) is 6.83. The highest BCUT2D eigenvalue weighted by molar-refractivity contribution is 5.58. The molecule has 134 valence electrons. The molecule has 1 fully saturated rings. The fourth-order valence-corrected chi connectivity index (χ4v) is 3.33. The number of hydrogen-bond donors (Lipinski definition) is 3. The summed E-state index contributed by atoms with van der Waals surface area (Å²) in [6.07, 6.45) is 2.89. The van der Waals surface area contributed by atoms with Crippen LogP contribution in [0, 0.1) is 12.8 Å². The third kappa shape index (κ3) is 4.64. The number of benzene rings is 1. The van der Waals surface area contributed by atoms with Crippen molar-refractivity contribution in [3.8, 4) is 0 Å². The van der Waals surface area contributed by atoms with E-state index < -0.39 is 0 Å². The lowest BCUT2D eigenvalue weighted by Crippen LogP contribution is -2.30. The Hall–Kier alpha value is -2.25. The van der Waals surface area contributed by atoms with E-state index in [9.17, 15) is 5.11 Å². The first-order valence-electron chi connectivity index (χ1n) is 8.71. The molecular formula is C18H26N6O. The van der Waals surface area contributed by atoms with Crippen LogP contribution in [-0.2, 0) is 6.54 Å². The van der Waals surface area contributed by atoms with Gasteiger partial charge in [-0.15, -0.1) is 0 Å². The number of aliphatic hydroxyl groups is 1. The topological polar surface area (TPSA) is 100 Å². The molecule has 1 aromatic heterocycles. The number of nitrogens with two attached hydrogens (primary N) is 1. The molecule has 3 rings (SSSR count). The van der Waals surface area contributed by atoms with Crippen LogP contribution < -0.4 is 11.1 Å². The number of aromatic nitrogens is 3. The third-order valence-electron chi connectivity index (χ3n) is 4.67. The van der Waals surface area contributed by atoms with Gasteiger partial charge >= 0.3 is 0 Å². The van der Waals surface area contributed by atoms with Gasteiger partial charge in [0.15, 0.2) is 0 Å². The van der Waals surface area contributed by atoms with E-state index in [1.807, 2.05) is 38.2 Å². The summed E-state index contributed by atoms with van der Waals surface area (Å²) in [4.78, 5) is 15.0. The molecule has 2 aromatic rings. The van der Waals surface area contributed by atoms with Gasteiger partial charge in [0.2, 0.25) is 11.9 Å². The number of hydrogen-bond acceptors (Lipinski definition) is 7. The number of aryl methyl sites for hydroxylation is 1. The summed E-state index contributed by atoms with van der Waals surface area (Å²) in [5, 5.41) is 13.2. The largest absolute Gasteiger partial charge is 0.393 e. The number of rotatable bonds is 6. The van der Waals surface area contributed by atoms with Crippen LogP contribution in [-0.4, -0.2) is 44.7 Å². The highest BCUT2D eigenvalue weighted by Gasteiger charge is 2.26. The van der Waals surface area contributed by atoms with Crippen molar-refractivity contribution in [2.45, 2.75) is 38.8 Å². The van der Waals surface area contributed by atoms with Gasteiger partial charge in [-0.3, -0.25) is 4.90 Å². The summed E-state index contributed by atoms with van der Waals surface area (Å²) >= 11 is 0. The van der Waals surface area contributed by atoms with Gasteiger partial charge < -0.3 is 16.2 Å². The van der Waals surface area contributed by atoms with Crippen molar-refractivity contribution in [2.75, 3.05) is 24.6 Å². The highest BCUT2D eigenvalue weighted by Crippen LogP contribution is 2.26. The van der Waals surface area contributed by atoms with E-state index >= 15 is 0 Å². The Labute approximate surface area is 148 Å². The highest BCUT2D eigenvalue weighted by atomic mass is 16.3. The summed E-state index contributed by atoms with van der Waals surface area (Å²) in [7, 11) is 2.01. The van der Waals surface area contributed by atoms with Crippen LogP contribution in [0.3, 0.4) is 0 Å². The van der Waals surface area contributed by atoms with Crippen molar-refractivity contribution in [3.63, 3.8) is 0 Å². The first-order chi connectivity index (χ1) is 12.0. The van der Waals surface area contributed by atoms with Crippen molar-refractivity contribution in [1.29, 1.82) is 0 Å². The summed E-state index contributed by atoms with van der Waals surface area (Å²) < 4.78 is 0. The molecule has 0 radical (unpaired) electrons. The zero-order chi connectivity index (χ0) is 17.8. The molecule has 1 aromatic carbocycles. The zero-order valence-corrected chi connectivity index (χ0v) is 14.8. The Balaban J connectivity index is 1.67. The average molecular weight is 342 g/mol. The van der Waals surface area contributed by atoms with Crippen molar-refractivity contribution < 1.29 is 5.11 Å². The maximum Gasteiger partial charge on any atom is 0.232 e. The maximum atomic E-state index is 9.98. The monoisotopic (exact) mass is 342 g/mol.